The van der Waals surface area contributed by atoms with Crippen LogP contribution in [0.15, 0.2) is 66.7 Å². The van der Waals surface area contributed by atoms with E-state index in [0.717, 1.165) is 68.4 Å². The van der Waals surface area contributed by atoms with Crippen molar-refractivity contribution in [3.8, 4) is 17.1 Å². The highest BCUT2D eigenvalue weighted by Gasteiger charge is 2.28. The Morgan fingerprint density at radius 1 is 0.844 bits per heavy atom. The molecule has 6 rings (SSSR count). The smallest absolute Gasteiger partial charge is 0.167 e. The van der Waals surface area contributed by atoms with Crippen LogP contribution in [0, 0.1) is 0 Å². The van der Waals surface area contributed by atoms with Crippen LogP contribution >= 0.6 is 0 Å². The number of aromatic nitrogens is 3. The van der Waals surface area contributed by atoms with Gasteiger partial charge in [0, 0.05) is 12.5 Å². The summed E-state index contributed by atoms with van der Waals surface area (Å²) >= 11 is 0. The van der Waals surface area contributed by atoms with E-state index < -0.39 is 0 Å². The van der Waals surface area contributed by atoms with Crippen LogP contribution in [0.2, 0.25) is 0 Å². The maximum atomic E-state index is 5.96. The van der Waals surface area contributed by atoms with Crippen LogP contribution in [0.3, 0.4) is 0 Å². The van der Waals surface area contributed by atoms with Crippen molar-refractivity contribution < 1.29 is 4.74 Å². The lowest BCUT2D eigenvalue weighted by Gasteiger charge is -2.31. The summed E-state index contributed by atoms with van der Waals surface area (Å²) in [5.74, 6) is 3.46. The molecule has 1 fully saturated rings. The Morgan fingerprint density at radius 3 is 2.59 bits per heavy atom. The molecule has 1 aromatic heterocycles. The number of benzene rings is 3. The van der Waals surface area contributed by atoms with Crippen LogP contribution in [0.5, 0.6) is 5.75 Å². The van der Waals surface area contributed by atoms with E-state index in [1.54, 1.807) is 0 Å². The van der Waals surface area contributed by atoms with Crippen LogP contribution in [-0.4, -0.2) is 45.9 Å². The quantitative estimate of drug-likeness (QED) is 0.467. The lowest BCUT2D eigenvalue weighted by Crippen LogP contribution is -2.35. The Morgan fingerprint density at radius 2 is 1.66 bits per heavy atom. The van der Waals surface area contributed by atoms with E-state index in [4.69, 9.17) is 4.74 Å². The van der Waals surface area contributed by atoms with Gasteiger partial charge >= 0.3 is 0 Å². The van der Waals surface area contributed by atoms with E-state index in [9.17, 15) is 0 Å². The molecule has 0 amide bonds. The Bertz CT molecular complexity index is 1230. The summed E-state index contributed by atoms with van der Waals surface area (Å²) in [5, 5.41) is 12.0. The lowest BCUT2D eigenvalue weighted by molar-refractivity contribution is 0.208. The molecule has 0 aliphatic carbocycles. The fourth-order valence-corrected chi connectivity index (χ4v) is 5.26. The maximum Gasteiger partial charge on any atom is 0.167 e. The minimum atomic E-state index is 0.468. The van der Waals surface area contributed by atoms with Crippen LogP contribution in [0.1, 0.15) is 30.1 Å². The highest BCUT2D eigenvalue weighted by atomic mass is 16.5. The largest absolute Gasteiger partial charge is 0.491 e. The first-order valence-electron chi connectivity index (χ1n) is 11.7. The van der Waals surface area contributed by atoms with Gasteiger partial charge in [-0.15, -0.1) is 10.2 Å². The van der Waals surface area contributed by atoms with Crippen molar-refractivity contribution in [2.45, 2.75) is 31.7 Å². The van der Waals surface area contributed by atoms with Gasteiger partial charge in [0.1, 0.15) is 18.2 Å². The van der Waals surface area contributed by atoms with Crippen molar-refractivity contribution in [2.75, 3.05) is 26.2 Å². The van der Waals surface area contributed by atoms with Gasteiger partial charge in [0.05, 0.1) is 12.1 Å². The third-order valence-corrected chi connectivity index (χ3v) is 7.01. The lowest BCUT2D eigenvalue weighted by atomic mass is 9.95. The number of fused-ring (bicyclic) bond motifs is 4. The van der Waals surface area contributed by atoms with E-state index in [1.807, 2.05) is 18.2 Å². The number of nitrogens with zero attached hydrogens (tertiary/aromatic N) is 4. The second kappa shape index (κ2) is 8.40. The van der Waals surface area contributed by atoms with Gasteiger partial charge in [0.15, 0.2) is 5.82 Å². The van der Waals surface area contributed by atoms with Crippen molar-refractivity contribution in [1.82, 2.24) is 19.7 Å². The maximum absolute atomic E-state index is 5.96. The first-order valence-corrected chi connectivity index (χ1v) is 11.7. The Balaban J connectivity index is 1.13. The first-order chi connectivity index (χ1) is 15.9. The predicted octanol–water partition coefficient (Wildman–Crippen LogP) is 4.91. The molecule has 2 aliphatic rings. The monoisotopic (exact) mass is 424 g/mol. The normalized spacial score (nSPS) is 16.9. The van der Waals surface area contributed by atoms with Crippen molar-refractivity contribution in [1.29, 1.82) is 0 Å². The molecule has 162 valence electrons. The zero-order chi connectivity index (χ0) is 21.3. The van der Waals surface area contributed by atoms with Crippen molar-refractivity contribution in [3.05, 3.63) is 78.1 Å². The molecule has 5 nitrogen and oxygen atoms in total. The third-order valence-electron chi connectivity index (χ3n) is 7.01. The van der Waals surface area contributed by atoms with Crippen LogP contribution in [0.25, 0.3) is 22.2 Å². The molecule has 0 bridgehead atoms. The second-order valence-corrected chi connectivity index (χ2v) is 8.88. The van der Waals surface area contributed by atoms with E-state index >= 15 is 0 Å². The van der Waals surface area contributed by atoms with Crippen LogP contribution in [-0.2, 0) is 13.0 Å². The molecular weight excluding hydrogens is 396 g/mol. The Labute approximate surface area is 188 Å². The molecule has 0 radical (unpaired) electrons. The minimum Gasteiger partial charge on any atom is -0.491 e. The van der Waals surface area contributed by atoms with Gasteiger partial charge in [0.25, 0.3) is 0 Å². The molecule has 4 aromatic rings. The molecule has 5 heteroatoms. The first kappa shape index (κ1) is 19.5. The summed E-state index contributed by atoms with van der Waals surface area (Å²) in [6, 6.07) is 23.5. The molecule has 0 saturated carbocycles. The fraction of sp³-hybridized carbons (Fsp3) is 0.333. The fourth-order valence-electron chi connectivity index (χ4n) is 5.26. The molecule has 0 atom stereocenters. The standard InChI is InChI=1S/C27H28N4O/c1-2-9-23-20(6-1)7-5-8-21(23)12-15-30-16-13-22(14-17-30)26-28-29-27-24-10-3-4-11-25(24)32-19-18-31(26)27/h1-11,22H,12-19H2. The van der Waals surface area contributed by atoms with E-state index in [-0.39, 0.29) is 0 Å². The zero-order valence-electron chi connectivity index (χ0n) is 18.3. The van der Waals surface area contributed by atoms with Crippen LogP contribution in [0.4, 0.5) is 0 Å². The summed E-state index contributed by atoms with van der Waals surface area (Å²) < 4.78 is 8.25. The Kier molecular flexibility index (Phi) is 5.12. The minimum absolute atomic E-state index is 0.468. The van der Waals surface area contributed by atoms with E-state index in [0.29, 0.717) is 12.5 Å². The van der Waals surface area contributed by atoms with Gasteiger partial charge in [-0.3, -0.25) is 0 Å². The molecule has 1 saturated heterocycles. The van der Waals surface area contributed by atoms with Crippen molar-refractivity contribution >= 4 is 10.8 Å². The van der Waals surface area contributed by atoms with E-state index in [1.165, 1.54) is 16.3 Å². The summed E-state index contributed by atoms with van der Waals surface area (Å²) in [6.45, 7) is 4.82. The second-order valence-electron chi connectivity index (χ2n) is 8.88. The highest BCUT2D eigenvalue weighted by molar-refractivity contribution is 5.85. The van der Waals surface area contributed by atoms with E-state index in [2.05, 4.69) is 68.2 Å². The number of hydrogen-bond acceptors (Lipinski definition) is 4. The average Bonchev–Trinajstić information content (AvgIpc) is 3.18. The summed E-state index contributed by atoms with van der Waals surface area (Å²) in [5.41, 5.74) is 2.50. The summed E-state index contributed by atoms with van der Waals surface area (Å²) in [7, 11) is 0. The number of hydrogen-bond donors (Lipinski definition) is 0. The van der Waals surface area contributed by atoms with Gasteiger partial charge in [-0.05, 0) is 60.8 Å². The summed E-state index contributed by atoms with van der Waals surface area (Å²) in [6.07, 6.45) is 3.37. The number of likely N-dealkylation sites (tertiary alicyclic amines) is 1. The highest BCUT2D eigenvalue weighted by Crippen LogP contribution is 2.35. The molecule has 3 aromatic carbocycles. The zero-order valence-corrected chi connectivity index (χ0v) is 18.3. The molecular formula is C27H28N4O. The SMILES string of the molecule is c1ccc2c(c1)OCCn1c-2nnc1C1CCN(CCc2cccc3ccccc23)CC1. The van der Waals surface area contributed by atoms with Crippen LogP contribution < -0.4 is 4.74 Å². The molecule has 0 spiro atoms. The molecule has 2 aliphatic heterocycles. The predicted molar refractivity (Wildman–Crippen MR) is 127 cm³/mol. The third kappa shape index (κ3) is 3.56. The van der Waals surface area contributed by atoms with Gasteiger partial charge in [-0.2, -0.15) is 0 Å². The van der Waals surface area contributed by atoms with Gasteiger partial charge in [-0.25, -0.2) is 0 Å². The van der Waals surface area contributed by atoms with Crippen molar-refractivity contribution in [3.63, 3.8) is 0 Å². The average molecular weight is 425 g/mol. The molecule has 32 heavy (non-hydrogen) atoms. The number of rotatable bonds is 4. The molecule has 0 unspecified atom stereocenters. The molecule has 0 N–H and O–H groups in total. The van der Waals surface area contributed by atoms with Gasteiger partial charge in [0.2, 0.25) is 0 Å². The van der Waals surface area contributed by atoms with Gasteiger partial charge < -0.3 is 14.2 Å². The number of piperidine rings is 1. The van der Waals surface area contributed by atoms with Crippen molar-refractivity contribution in [2.24, 2.45) is 0 Å². The van der Waals surface area contributed by atoms with Gasteiger partial charge in [-0.1, -0.05) is 54.6 Å². The number of ether oxygens (including phenoxy) is 1. The molecule has 3 heterocycles. The number of para-hydroxylation sites is 1. The Hall–Kier alpha value is -3.18. The summed E-state index contributed by atoms with van der Waals surface area (Å²) in [4.78, 5) is 2.61. The topological polar surface area (TPSA) is 43.2 Å².